The van der Waals surface area contributed by atoms with E-state index in [1.165, 1.54) is 12.1 Å². The number of alkyl halides is 3. The van der Waals surface area contributed by atoms with Crippen LogP contribution >= 0.6 is 0 Å². The molecule has 1 aliphatic rings. The maximum atomic E-state index is 12.7. The van der Waals surface area contributed by atoms with Gasteiger partial charge in [0.2, 0.25) is 0 Å². The molecule has 27 heavy (non-hydrogen) atoms. The summed E-state index contributed by atoms with van der Waals surface area (Å²) in [5, 5.41) is 0.433. The number of fused-ring (bicyclic) bond motifs is 1. The van der Waals surface area contributed by atoms with E-state index in [9.17, 15) is 18.0 Å². The number of hydrogen-bond acceptors (Lipinski definition) is 4. The van der Waals surface area contributed by atoms with Crippen LogP contribution in [-0.4, -0.2) is 36.3 Å². The van der Waals surface area contributed by atoms with Crippen LogP contribution in [0, 0.1) is 0 Å². The van der Waals surface area contributed by atoms with Crippen molar-refractivity contribution in [3.05, 3.63) is 58.4 Å². The van der Waals surface area contributed by atoms with Crippen LogP contribution < -0.4 is 10.5 Å². The molecule has 1 aliphatic heterocycles. The standard InChI is InChI=1S/C19H16F3N3O2/c20-19(21,22)13-3-1-12(2-4-13)17-23-16-11-14(25-7-9-27-10-8-25)5-6-15(16)18(26)24-17/h1-6,11H,7-10H2,(H,23,24,26). The predicted octanol–water partition coefficient (Wildman–Crippen LogP) is 3.45. The van der Waals surface area contributed by atoms with Gasteiger partial charge in [-0.05, 0) is 30.3 Å². The van der Waals surface area contributed by atoms with Crippen molar-refractivity contribution in [2.24, 2.45) is 0 Å². The van der Waals surface area contributed by atoms with E-state index in [1.807, 2.05) is 12.1 Å². The summed E-state index contributed by atoms with van der Waals surface area (Å²) in [4.78, 5) is 21.6. The molecule has 1 aromatic heterocycles. The van der Waals surface area contributed by atoms with E-state index in [-0.39, 0.29) is 11.4 Å². The summed E-state index contributed by atoms with van der Waals surface area (Å²) < 4.78 is 43.5. The lowest BCUT2D eigenvalue weighted by Gasteiger charge is -2.28. The molecule has 2 aromatic carbocycles. The number of morpholine rings is 1. The molecule has 0 spiro atoms. The zero-order valence-corrected chi connectivity index (χ0v) is 14.2. The van der Waals surface area contributed by atoms with Crippen LogP contribution in [0.2, 0.25) is 0 Å². The number of nitrogens with one attached hydrogen (secondary N) is 1. The molecule has 0 aliphatic carbocycles. The number of halogens is 3. The van der Waals surface area contributed by atoms with Crippen LogP contribution in [0.15, 0.2) is 47.3 Å². The molecule has 140 valence electrons. The molecule has 0 amide bonds. The lowest BCUT2D eigenvalue weighted by atomic mass is 10.1. The third-order valence-corrected chi connectivity index (χ3v) is 4.55. The van der Waals surface area contributed by atoms with Gasteiger partial charge in [-0.1, -0.05) is 12.1 Å². The maximum absolute atomic E-state index is 12.7. The van der Waals surface area contributed by atoms with Gasteiger partial charge in [-0.15, -0.1) is 0 Å². The van der Waals surface area contributed by atoms with Gasteiger partial charge in [-0.25, -0.2) is 4.98 Å². The summed E-state index contributed by atoms with van der Waals surface area (Å²) >= 11 is 0. The number of anilines is 1. The summed E-state index contributed by atoms with van der Waals surface area (Å²) in [6.07, 6.45) is -4.41. The van der Waals surface area contributed by atoms with Crippen molar-refractivity contribution >= 4 is 16.6 Å². The summed E-state index contributed by atoms with van der Waals surface area (Å²) in [5.74, 6) is 0.236. The Bertz CT molecular complexity index is 1020. The van der Waals surface area contributed by atoms with Gasteiger partial charge in [0, 0.05) is 24.3 Å². The Hall–Kier alpha value is -2.87. The largest absolute Gasteiger partial charge is 0.416 e. The van der Waals surface area contributed by atoms with E-state index in [0.29, 0.717) is 29.7 Å². The zero-order chi connectivity index (χ0) is 19.0. The number of nitrogens with zero attached hydrogens (tertiary/aromatic N) is 2. The molecule has 1 saturated heterocycles. The van der Waals surface area contributed by atoms with Crippen LogP contribution in [0.1, 0.15) is 5.56 Å². The first-order valence-electron chi connectivity index (χ1n) is 8.46. The molecule has 1 N–H and O–H groups in total. The molecular weight excluding hydrogens is 359 g/mol. The molecular formula is C19H16F3N3O2. The molecule has 5 nitrogen and oxygen atoms in total. The Balaban J connectivity index is 1.74. The van der Waals surface area contributed by atoms with Gasteiger partial charge >= 0.3 is 6.18 Å². The second kappa shape index (κ2) is 6.70. The van der Waals surface area contributed by atoms with Crippen LogP contribution in [-0.2, 0) is 10.9 Å². The number of ether oxygens (including phenoxy) is 1. The lowest BCUT2D eigenvalue weighted by Crippen LogP contribution is -2.36. The van der Waals surface area contributed by atoms with E-state index < -0.39 is 11.7 Å². The molecule has 1 fully saturated rings. The summed E-state index contributed by atoms with van der Waals surface area (Å²) in [6, 6.07) is 9.96. The summed E-state index contributed by atoms with van der Waals surface area (Å²) in [6.45, 7) is 2.77. The average Bonchev–Trinajstić information content (AvgIpc) is 2.67. The van der Waals surface area contributed by atoms with Crippen molar-refractivity contribution in [1.82, 2.24) is 9.97 Å². The van der Waals surface area contributed by atoms with Gasteiger partial charge < -0.3 is 14.6 Å². The first-order chi connectivity index (χ1) is 12.9. The second-order valence-electron chi connectivity index (χ2n) is 6.29. The number of H-pyrrole nitrogens is 1. The van der Waals surface area contributed by atoms with Crippen LogP contribution in [0.25, 0.3) is 22.3 Å². The van der Waals surface area contributed by atoms with Gasteiger partial charge in [-0.3, -0.25) is 4.79 Å². The van der Waals surface area contributed by atoms with Gasteiger partial charge in [0.05, 0.1) is 29.7 Å². The fourth-order valence-electron chi connectivity index (χ4n) is 3.10. The van der Waals surface area contributed by atoms with Gasteiger partial charge in [-0.2, -0.15) is 13.2 Å². The normalized spacial score (nSPS) is 15.3. The minimum Gasteiger partial charge on any atom is -0.378 e. The van der Waals surface area contributed by atoms with Crippen LogP contribution in [0.4, 0.5) is 18.9 Å². The number of hydrogen-bond donors (Lipinski definition) is 1. The SMILES string of the molecule is O=c1[nH]c(-c2ccc(C(F)(F)F)cc2)nc2cc(N3CCOCC3)ccc12. The van der Waals surface area contributed by atoms with E-state index in [2.05, 4.69) is 14.9 Å². The van der Waals surface area contributed by atoms with Crippen molar-refractivity contribution in [2.75, 3.05) is 31.2 Å². The first-order valence-corrected chi connectivity index (χ1v) is 8.46. The molecule has 0 radical (unpaired) electrons. The van der Waals surface area contributed by atoms with E-state index in [4.69, 9.17) is 4.74 Å². The van der Waals surface area contributed by atoms with E-state index in [1.54, 1.807) is 6.07 Å². The fourth-order valence-corrected chi connectivity index (χ4v) is 3.10. The molecule has 0 atom stereocenters. The highest BCUT2D eigenvalue weighted by atomic mass is 19.4. The minimum absolute atomic E-state index is 0.236. The Morgan fingerprint density at radius 2 is 1.74 bits per heavy atom. The third kappa shape index (κ3) is 3.52. The predicted molar refractivity (Wildman–Crippen MR) is 95.8 cm³/mol. The number of rotatable bonds is 2. The van der Waals surface area contributed by atoms with E-state index >= 15 is 0 Å². The molecule has 0 bridgehead atoms. The highest BCUT2D eigenvalue weighted by Gasteiger charge is 2.30. The smallest absolute Gasteiger partial charge is 0.378 e. The molecule has 8 heteroatoms. The number of benzene rings is 2. The van der Waals surface area contributed by atoms with Crippen LogP contribution in [0.5, 0.6) is 0 Å². The van der Waals surface area contributed by atoms with Crippen molar-refractivity contribution in [1.29, 1.82) is 0 Å². The highest BCUT2D eigenvalue weighted by molar-refractivity contribution is 5.83. The Morgan fingerprint density at radius 1 is 1.04 bits per heavy atom. The summed E-state index contributed by atoms with van der Waals surface area (Å²) in [7, 11) is 0. The Labute approximate surface area is 152 Å². The molecule has 3 aromatic rings. The van der Waals surface area contributed by atoms with Crippen molar-refractivity contribution in [3.8, 4) is 11.4 Å². The molecule has 2 heterocycles. The molecule has 0 unspecified atom stereocenters. The van der Waals surface area contributed by atoms with Gasteiger partial charge in [0.25, 0.3) is 5.56 Å². The fraction of sp³-hybridized carbons (Fsp3) is 0.263. The zero-order valence-electron chi connectivity index (χ0n) is 14.2. The highest BCUT2D eigenvalue weighted by Crippen LogP contribution is 2.30. The third-order valence-electron chi connectivity index (χ3n) is 4.55. The van der Waals surface area contributed by atoms with Crippen molar-refractivity contribution < 1.29 is 17.9 Å². The summed E-state index contributed by atoms with van der Waals surface area (Å²) in [5.41, 5.74) is 0.770. The molecule has 0 saturated carbocycles. The molecule has 4 rings (SSSR count). The topological polar surface area (TPSA) is 58.2 Å². The van der Waals surface area contributed by atoms with Gasteiger partial charge in [0.15, 0.2) is 0 Å². The average molecular weight is 375 g/mol. The first kappa shape index (κ1) is 17.5. The monoisotopic (exact) mass is 375 g/mol. The Morgan fingerprint density at radius 3 is 2.41 bits per heavy atom. The quantitative estimate of drug-likeness (QED) is 0.746. The number of aromatic amines is 1. The van der Waals surface area contributed by atoms with Crippen LogP contribution in [0.3, 0.4) is 0 Å². The maximum Gasteiger partial charge on any atom is 0.416 e. The second-order valence-corrected chi connectivity index (χ2v) is 6.29. The minimum atomic E-state index is -4.41. The van der Waals surface area contributed by atoms with Crippen molar-refractivity contribution in [2.45, 2.75) is 6.18 Å². The number of aromatic nitrogens is 2. The lowest BCUT2D eigenvalue weighted by molar-refractivity contribution is -0.137. The van der Waals surface area contributed by atoms with Gasteiger partial charge in [0.1, 0.15) is 5.82 Å². The Kier molecular flexibility index (Phi) is 4.35. The van der Waals surface area contributed by atoms with Crippen molar-refractivity contribution in [3.63, 3.8) is 0 Å². The van der Waals surface area contributed by atoms with E-state index in [0.717, 1.165) is 30.9 Å².